The molecule has 3 heteroatoms. The van der Waals surface area contributed by atoms with Crippen molar-refractivity contribution in [3.63, 3.8) is 0 Å². The van der Waals surface area contributed by atoms with Crippen molar-refractivity contribution in [3.05, 3.63) is 42.1 Å². The Hall–Kier alpha value is -2.16. The maximum Gasteiger partial charge on any atom is 0.145 e. The number of hydrogen-bond donors (Lipinski definition) is 1. The van der Waals surface area contributed by atoms with Gasteiger partial charge in [-0.2, -0.15) is 0 Å². The summed E-state index contributed by atoms with van der Waals surface area (Å²) in [5, 5.41) is 12.8. The van der Waals surface area contributed by atoms with Gasteiger partial charge in [0.05, 0.1) is 11.2 Å². The molecule has 0 unspecified atom stereocenters. The molecule has 15 heavy (non-hydrogen) atoms. The summed E-state index contributed by atoms with van der Waals surface area (Å²) in [6.07, 6.45) is 5.34. The Labute approximate surface area is 87.0 Å². The third-order valence-electron chi connectivity index (χ3n) is 2.43. The van der Waals surface area contributed by atoms with E-state index in [4.69, 9.17) is 5.41 Å². The fourth-order valence-corrected chi connectivity index (χ4v) is 1.72. The van der Waals surface area contributed by atoms with Crippen LogP contribution in [0.4, 0.5) is 5.69 Å². The number of amidine groups is 1. The van der Waals surface area contributed by atoms with Crippen LogP contribution in [-0.2, 0) is 0 Å². The third kappa shape index (κ3) is 1.21. The number of nitrogens with one attached hydrogen (secondary N) is 1. The molecule has 0 saturated heterocycles. The third-order valence-corrected chi connectivity index (χ3v) is 2.43. The van der Waals surface area contributed by atoms with E-state index in [1.807, 2.05) is 30.3 Å². The van der Waals surface area contributed by atoms with Crippen molar-refractivity contribution in [1.82, 2.24) is 10.3 Å². The molecule has 0 atom stereocenters. The second-order valence-electron chi connectivity index (χ2n) is 3.41. The number of fused-ring (bicyclic) bond motifs is 3. The van der Waals surface area contributed by atoms with Crippen molar-refractivity contribution in [2.45, 2.75) is 0 Å². The van der Waals surface area contributed by atoms with Crippen LogP contribution in [0, 0.1) is 5.41 Å². The van der Waals surface area contributed by atoms with E-state index in [1.54, 1.807) is 12.3 Å². The Morgan fingerprint density at radius 3 is 2.93 bits per heavy atom. The van der Waals surface area contributed by atoms with E-state index in [-0.39, 0.29) is 5.84 Å². The summed E-state index contributed by atoms with van der Waals surface area (Å²) in [6, 6.07) is 7.93. The Morgan fingerprint density at radius 2 is 2.00 bits per heavy atom. The molecule has 3 nitrogen and oxygen atoms in total. The van der Waals surface area contributed by atoms with Crippen LogP contribution in [0.2, 0.25) is 0 Å². The van der Waals surface area contributed by atoms with Crippen LogP contribution in [0.1, 0.15) is 5.56 Å². The van der Waals surface area contributed by atoms with Crippen LogP contribution >= 0.6 is 0 Å². The molecule has 1 aromatic heterocycles. The lowest BCUT2D eigenvalue weighted by atomic mass is 10.1. The molecule has 1 radical (unpaired) electrons. The molecule has 2 heterocycles. The topological polar surface area (TPSA) is 50.8 Å². The van der Waals surface area contributed by atoms with Crippen molar-refractivity contribution in [3.8, 4) is 0 Å². The van der Waals surface area contributed by atoms with Gasteiger partial charge in [-0.25, -0.2) is 5.32 Å². The summed E-state index contributed by atoms with van der Waals surface area (Å²) in [7, 11) is 0. The Bertz CT molecular complexity index is 584. The molecule has 2 aromatic rings. The van der Waals surface area contributed by atoms with Gasteiger partial charge in [0.25, 0.3) is 0 Å². The molecule has 1 aromatic carbocycles. The van der Waals surface area contributed by atoms with E-state index < -0.39 is 0 Å². The minimum absolute atomic E-state index is 0.278. The van der Waals surface area contributed by atoms with Gasteiger partial charge in [-0.3, -0.25) is 10.4 Å². The van der Waals surface area contributed by atoms with Crippen LogP contribution in [0.15, 0.2) is 36.5 Å². The lowest BCUT2D eigenvalue weighted by molar-refractivity contribution is 1.21. The summed E-state index contributed by atoms with van der Waals surface area (Å²) in [6.45, 7) is 0. The predicted octanol–water partition coefficient (Wildman–Crippen LogP) is 2.47. The van der Waals surface area contributed by atoms with Gasteiger partial charge in [0.1, 0.15) is 5.84 Å². The summed E-state index contributed by atoms with van der Waals surface area (Å²) in [5.74, 6) is 0.278. The lowest BCUT2D eigenvalue weighted by Crippen LogP contribution is -2.11. The standard InChI is InChI=1S/C12H8N3/c13-10-6-5-9-4-3-8-2-1-7-14-11(8)12(9)15-10/h1-7,13H. The minimum atomic E-state index is 0.278. The highest BCUT2D eigenvalue weighted by Gasteiger charge is 2.12. The highest BCUT2D eigenvalue weighted by molar-refractivity contribution is 6.06. The Morgan fingerprint density at radius 1 is 1.07 bits per heavy atom. The van der Waals surface area contributed by atoms with E-state index in [9.17, 15) is 0 Å². The molecule has 0 amide bonds. The summed E-state index contributed by atoms with van der Waals surface area (Å²) >= 11 is 0. The molecule has 1 N–H and O–H groups in total. The average molecular weight is 194 g/mol. The van der Waals surface area contributed by atoms with Crippen molar-refractivity contribution in [2.24, 2.45) is 0 Å². The van der Waals surface area contributed by atoms with Gasteiger partial charge in [-0.05, 0) is 18.2 Å². The second-order valence-corrected chi connectivity index (χ2v) is 3.41. The number of rotatable bonds is 0. The highest BCUT2D eigenvalue weighted by Crippen LogP contribution is 2.28. The lowest BCUT2D eigenvalue weighted by Gasteiger charge is -2.12. The zero-order chi connectivity index (χ0) is 10.3. The number of pyridine rings is 1. The molecule has 0 fully saturated rings. The maximum atomic E-state index is 7.51. The van der Waals surface area contributed by atoms with Crippen molar-refractivity contribution < 1.29 is 0 Å². The number of aromatic nitrogens is 1. The van der Waals surface area contributed by atoms with Gasteiger partial charge < -0.3 is 0 Å². The first-order valence-corrected chi connectivity index (χ1v) is 4.71. The molecule has 0 bridgehead atoms. The van der Waals surface area contributed by atoms with Crippen LogP contribution in [0.3, 0.4) is 0 Å². The van der Waals surface area contributed by atoms with E-state index in [1.165, 1.54) is 0 Å². The van der Waals surface area contributed by atoms with Gasteiger partial charge >= 0.3 is 0 Å². The zero-order valence-corrected chi connectivity index (χ0v) is 7.94. The smallest absolute Gasteiger partial charge is 0.145 e. The van der Waals surface area contributed by atoms with Crippen LogP contribution in [0.5, 0.6) is 0 Å². The van der Waals surface area contributed by atoms with Gasteiger partial charge in [0, 0.05) is 17.1 Å². The monoisotopic (exact) mass is 194 g/mol. The SMILES string of the molecule is N=C1C=Cc2ccc3cccnc3c2[N]1. The van der Waals surface area contributed by atoms with Gasteiger partial charge in [0.15, 0.2) is 0 Å². The van der Waals surface area contributed by atoms with Gasteiger partial charge in [0.2, 0.25) is 0 Å². The van der Waals surface area contributed by atoms with Gasteiger partial charge in [-0.1, -0.05) is 18.2 Å². The molecule has 1 aliphatic heterocycles. The first-order chi connectivity index (χ1) is 7.34. The fourth-order valence-electron chi connectivity index (χ4n) is 1.72. The molecule has 0 aliphatic carbocycles. The zero-order valence-electron chi connectivity index (χ0n) is 7.94. The summed E-state index contributed by atoms with van der Waals surface area (Å²) < 4.78 is 0. The second kappa shape index (κ2) is 2.92. The van der Waals surface area contributed by atoms with Crippen molar-refractivity contribution >= 4 is 28.5 Å². The maximum absolute atomic E-state index is 7.51. The highest BCUT2D eigenvalue weighted by atomic mass is 15.0. The predicted molar refractivity (Wildman–Crippen MR) is 60.3 cm³/mol. The van der Waals surface area contributed by atoms with E-state index in [0.29, 0.717) is 0 Å². The molecule has 71 valence electrons. The van der Waals surface area contributed by atoms with Crippen LogP contribution in [-0.4, -0.2) is 10.8 Å². The average Bonchev–Trinajstić information content (AvgIpc) is 2.29. The Balaban J connectivity index is 2.38. The molecule has 0 saturated carbocycles. The number of hydrogen-bond acceptors (Lipinski definition) is 2. The molecule has 3 rings (SSSR count). The Kier molecular flexibility index (Phi) is 1.59. The molecular weight excluding hydrogens is 186 g/mol. The fraction of sp³-hybridized carbons (Fsp3) is 0. The van der Waals surface area contributed by atoms with E-state index in [0.717, 1.165) is 22.2 Å². The summed E-state index contributed by atoms with van der Waals surface area (Å²) in [5.41, 5.74) is 2.70. The normalized spacial score (nSPS) is 13.7. The molecule has 0 spiro atoms. The van der Waals surface area contributed by atoms with Crippen LogP contribution < -0.4 is 5.32 Å². The van der Waals surface area contributed by atoms with Crippen molar-refractivity contribution in [2.75, 3.05) is 0 Å². The number of nitrogens with zero attached hydrogens (tertiary/aromatic N) is 2. The van der Waals surface area contributed by atoms with E-state index in [2.05, 4.69) is 10.3 Å². The minimum Gasteiger partial charge on any atom is -0.283 e. The largest absolute Gasteiger partial charge is 0.283 e. The first-order valence-electron chi connectivity index (χ1n) is 4.71. The first kappa shape index (κ1) is 8.17. The van der Waals surface area contributed by atoms with Crippen molar-refractivity contribution in [1.29, 1.82) is 5.41 Å². The summed E-state index contributed by atoms with van der Waals surface area (Å²) in [4.78, 5) is 4.30. The quantitative estimate of drug-likeness (QED) is 0.688. The van der Waals surface area contributed by atoms with Crippen LogP contribution in [0.25, 0.3) is 17.0 Å². The van der Waals surface area contributed by atoms with E-state index >= 15 is 0 Å². The van der Waals surface area contributed by atoms with Gasteiger partial charge in [-0.15, -0.1) is 0 Å². The molecule has 1 aliphatic rings. The molecular formula is C12H8N3. The number of benzene rings is 1.